The summed E-state index contributed by atoms with van der Waals surface area (Å²) in [5.41, 5.74) is 1.82. The van der Waals surface area contributed by atoms with Gasteiger partial charge in [-0.1, -0.05) is 30.0 Å². The first kappa shape index (κ1) is 22.0. The van der Waals surface area contributed by atoms with Crippen molar-refractivity contribution in [3.63, 3.8) is 0 Å². The van der Waals surface area contributed by atoms with Crippen LogP contribution in [-0.2, 0) is 9.59 Å². The first-order chi connectivity index (χ1) is 15.4. The third-order valence-corrected chi connectivity index (χ3v) is 6.60. The molecular formula is C24H26N4O3S. The summed E-state index contributed by atoms with van der Waals surface area (Å²) >= 11 is 1.45. The zero-order valence-corrected chi connectivity index (χ0v) is 19.2. The van der Waals surface area contributed by atoms with Crippen LogP contribution in [0.25, 0.3) is 11.4 Å². The number of ketones is 1. The Labute approximate surface area is 191 Å². The van der Waals surface area contributed by atoms with E-state index >= 15 is 0 Å². The van der Waals surface area contributed by atoms with E-state index in [0.29, 0.717) is 17.8 Å². The van der Waals surface area contributed by atoms with Gasteiger partial charge < -0.3 is 14.9 Å². The number of carbonyl (C=O) groups excluding carboxylic acids is 2. The average Bonchev–Trinajstić information content (AvgIpc) is 3.49. The quantitative estimate of drug-likeness (QED) is 0.331. The van der Waals surface area contributed by atoms with Gasteiger partial charge in [-0.15, -0.1) is 11.3 Å². The molecule has 1 atom stereocenters. The maximum atomic E-state index is 13.6. The van der Waals surface area contributed by atoms with Crippen molar-refractivity contribution in [3.8, 4) is 5.69 Å². The minimum Gasteiger partial charge on any atom is -0.872 e. The summed E-state index contributed by atoms with van der Waals surface area (Å²) in [6, 6.07) is 12.6. The van der Waals surface area contributed by atoms with Gasteiger partial charge >= 0.3 is 0 Å². The van der Waals surface area contributed by atoms with Crippen molar-refractivity contribution in [1.82, 2.24) is 14.7 Å². The Hall–Kier alpha value is -3.23. The lowest BCUT2D eigenvalue weighted by Crippen LogP contribution is -3.05. The van der Waals surface area contributed by atoms with E-state index in [1.807, 2.05) is 61.9 Å². The van der Waals surface area contributed by atoms with Gasteiger partial charge in [0, 0.05) is 34.7 Å². The normalized spacial score (nSPS) is 18.1. The smallest absolute Gasteiger partial charge is 0.295 e. The molecule has 1 aliphatic heterocycles. The minimum absolute atomic E-state index is 0.0189. The fourth-order valence-electron chi connectivity index (χ4n) is 4.05. The second-order valence-corrected chi connectivity index (χ2v) is 9.17. The summed E-state index contributed by atoms with van der Waals surface area (Å²) in [7, 11) is 4.09. The predicted molar refractivity (Wildman–Crippen MR) is 121 cm³/mol. The largest absolute Gasteiger partial charge is 0.872 e. The zero-order chi connectivity index (χ0) is 22.8. The number of likely N-dealkylation sites (tertiary alicyclic amines) is 1. The molecule has 1 N–H and O–H groups in total. The molecule has 4 rings (SSSR count). The summed E-state index contributed by atoms with van der Waals surface area (Å²) in [5.74, 6) is -1.74. The van der Waals surface area contributed by atoms with Gasteiger partial charge in [-0.05, 0) is 30.5 Å². The Bertz CT molecular complexity index is 1150. The number of nitrogens with zero attached hydrogens (tertiary/aromatic N) is 3. The fraction of sp³-hybridized carbons (Fsp3) is 0.292. The van der Waals surface area contributed by atoms with Crippen LogP contribution in [0.3, 0.4) is 0 Å². The molecule has 1 aromatic carbocycles. The van der Waals surface area contributed by atoms with E-state index < -0.39 is 23.5 Å². The monoisotopic (exact) mass is 450 g/mol. The van der Waals surface area contributed by atoms with Crippen LogP contribution in [0.2, 0.25) is 0 Å². The number of rotatable bonds is 7. The lowest BCUT2D eigenvalue weighted by atomic mass is 10.00. The number of carbonyl (C=O) groups is 2. The van der Waals surface area contributed by atoms with Crippen LogP contribution in [-0.4, -0.2) is 53.6 Å². The maximum Gasteiger partial charge on any atom is 0.295 e. The molecule has 0 aliphatic carbocycles. The van der Waals surface area contributed by atoms with Gasteiger partial charge in [-0.3, -0.25) is 9.59 Å². The topological polar surface area (TPSA) is 82.7 Å². The first-order valence-corrected chi connectivity index (χ1v) is 11.5. The number of hydrogen-bond acceptors (Lipinski definition) is 5. The van der Waals surface area contributed by atoms with Crippen molar-refractivity contribution >= 4 is 28.8 Å². The molecule has 0 bridgehead atoms. The second kappa shape index (κ2) is 9.10. The Morgan fingerprint density at radius 1 is 1.16 bits per heavy atom. The summed E-state index contributed by atoms with van der Waals surface area (Å²) < 4.78 is 1.67. The van der Waals surface area contributed by atoms with Gasteiger partial charge in [-0.2, -0.15) is 5.10 Å². The number of quaternary nitrogens is 1. The molecule has 3 heterocycles. The number of benzene rings is 1. The summed E-state index contributed by atoms with van der Waals surface area (Å²) in [4.78, 5) is 29.6. The molecule has 8 heteroatoms. The molecule has 0 saturated carbocycles. The van der Waals surface area contributed by atoms with Crippen LogP contribution in [0.1, 0.15) is 28.6 Å². The van der Waals surface area contributed by atoms with Gasteiger partial charge in [0.25, 0.3) is 5.91 Å². The van der Waals surface area contributed by atoms with Crippen molar-refractivity contribution in [2.24, 2.45) is 0 Å². The van der Waals surface area contributed by atoms with Gasteiger partial charge in [0.15, 0.2) is 0 Å². The molecule has 3 aromatic rings. The van der Waals surface area contributed by atoms with E-state index in [1.54, 1.807) is 16.5 Å². The molecule has 1 unspecified atom stereocenters. The fourth-order valence-corrected chi connectivity index (χ4v) is 4.90. The number of hydrogen-bond donors (Lipinski definition) is 1. The van der Waals surface area contributed by atoms with E-state index in [4.69, 9.17) is 0 Å². The van der Waals surface area contributed by atoms with Crippen LogP contribution in [0.15, 0.2) is 59.6 Å². The van der Waals surface area contributed by atoms with Crippen LogP contribution in [0.5, 0.6) is 0 Å². The van der Waals surface area contributed by atoms with Crippen molar-refractivity contribution in [3.05, 3.63) is 75.7 Å². The van der Waals surface area contributed by atoms with E-state index in [2.05, 4.69) is 5.10 Å². The van der Waals surface area contributed by atoms with Crippen LogP contribution >= 0.6 is 11.3 Å². The number of amides is 1. The highest BCUT2D eigenvalue weighted by Crippen LogP contribution is 2.40. The third-order valence-electron chi connectivity index (χ3n) is 5.67. The highest BCUT2D eigenvalue weighted by atomic mass is 32.1. The molecule has 32 heavy (non-hydrogen) atoms. The molecule has 1 fully saturated rings. The van der Waals surface area contributed by atoms with E-state index in [-0.39, 0.29) is 5.57 Å². The summed E-state index contributed by atoms with van der Waals surface area (Å²) in [5, 5.41) is 19.9. The number of nitrogens with one attached hydrogen (secondary N) is 1. The van der Waals surface area contributed by atoms with Crippen molar-refractivity contribution in [1.29, 1.82) is 0 Å². The summed E-state index contributed by atoms with van der Waals surface area (Å²) in [6.45, 7) is 3.09. The number of thiophene rings is 1. The van der Waals surface area contributed by atoms with Crippen LogP contribution < -0.4 is 10.0 Å². The lowest BCUT2D eigenvalue weighted by molar-refractivity contribution is -0.858. The molecular weight excluding hydrogens is 424 g/mol. The standard InChI is InChI=1S/C24H26N4O3S/c1-16-18(15-25-28(16)17-9-5-4-6-10-17)22(29)20-21(19-11-7-14-32-19)27(24(31)23(20)30)13-8-12-26(2)3/h4-7,9-11,14-15,21,29H,8,12-13H2,1-3H3. The number of Topliss-reactive ketones (excluding diaryl/α,β-unsaturated/α-hetero) is 1. The lowest BCUT2D eigenvalue weighted by Gasteiger charge is -2.26. The minimum atomic E-state index is -0.711. The van der Waals surface area contributed by atoms with Crippen molar-refractivity contribution < 1.29 is 19.6 Å². The van der Waals surface area contributed by atoms with Gasteiger partial charge in [0.1, 0.15) is 0 Å². The van der Waals surface area contributed by atoms with Crippen molar-refractivity contribution in [2.45, 2.75) is 19.4 Å². The van der Waals surface area contributed by atoms with Crippen LogP contribution in [0.4, 0.5) is 0 Å². The van der Waals surface area contributed by atoms with Gasteiger partial charge in [-0.25, -0.2) is 4.68 Å². The molecule has 0 spiro atoms. The molecule has 1 aliphatic rings. The Morgan fingerprint density at radius 2 is 1.91 bits per heavy atom. The molecule has 2 aromatic heterocycles. The van der Waals surface area contributed by atoms with Gasteiger partial charge in [0.05, 0.1) is 38.6 Å². The first-order valence-electron chi connectivity index (χ1n) is 10.6. The van der Waals surface area contributed by atoms with Crippen LogP contribution in [0, 0.1) is 6.92 Å². The Morgan fingerprint density at radius 3 is 2.56 bits per heavy atom. The molecule has 166 valence electrons. The van der Waals surface area contributed by atoms with Crippen molar-refractivity contribution in [2.75, 3.05) is 27.2 Å². The molecule has 7 nitrogen and oxygen atoms in total. The Balaban J connectivity index is 1.77. The highest BCUT2D eigenvalue weighted by molar-refractivity contribution is 7.10. The average molecular weight is 451 g/mol. The Kier molecular flexibility index (Phi) is 6.25. The SMILES string of the molecule is Cc1c(C([O-])=C2C(=O)C(=O)N(CCC[NH+](C)C)C2c2cccs2)cnn1-c1ccccc1. The molecule has 1 amide bonds. The number of aromatic nitrogens is 2. The maximum absolute atomic E-state index is 13.6. The zero-order valence-electron chi connectivity index (χ0n) is 18.4. The van der Waals surface area contributed by atoms with E-state index in [0.717, 1.165) is 23.5 Å². The summed E-state index contributed by atoms with van der Waals surface area (Å²) in [6.07, 6.45) is 2.23. The highest BCUT2D eigenvalue weighted by Gasteiger charge is 2.44. The van der Waals surface area contributed by atoms with E-state index in [1.165, 1.54) is 22.4 Å². The molecule has 0 radical (unpaired) electrons. The molecule has 1 saturated heterocycles. The van der Waals surface area contributed by atoms with Gasteiger partial charge in [0.2, 0.25) is 5.78 Å². The third kappa shape index (κ3) is 3.99. The van der Waals surface area contributed by atoms with E-state index in [9.17, 15) is 14.7 Å². The number of para-hydroxylation sites is 1. The predicted octanol–water partition coefficient (Wildman–Crippen LogP) is 1.00. The second-order valence-electron chi connectivity index (χ2n) is 8.19.